The fourth-order valence-corrected chi connectivity index (χ4v) is 4.30. The Morgan fingerprint density at radius 2 is 1.97 bits per heavy atom. The third-order valence-electron chi connectivity index (χ3n) is 6.20. The molecule has 11 heteroatoms. The second kappa shape index (κ2) is 7.98. The van der Waals surface area contributed by atoms with Gasteiger partial charge >= 0.3 is 0 Å². The van der Waals surface area contributed by atoms with Gasteiger partial charge in [0, 0.05) is 25.2 Å². The molecular formula is C23H21F2N7O2. The zero-order chi connectivity index (χ0) is 24.1. The lowest BCUT2D eigenvalue weighted by molar-refractivity contribution is -0.125. The molecule has 3 aromatic rings. The quantitative estimate of drug-likeness (QED) is 0.450. The van der Waals surface area contributed by atoms with Gasteiger partial charge in [-0.05, 0) is 31.3 Å². The number of carbonyl (C=O) groups is 2. The predicted octanol–water partition coefficient (Wildman–Crippen LogP) is 1.89. The zero-order valence-electron chi connectivity index (χ0n) is 18.1. The number of benzene rings is 1. The molecular weight excluding hydrogens is 444 g/mol. The second-order valence-electron chi connectivity index (χ2n) is 8.40. The largest absolute Gasteiger partial charge is 0.383 e. The van der Waals surface area contributed by atoms with Crippen LogP contribution in [0.4, 0.5) is 14.6 Å². The lowest BCUT2D eigenvalue weighted by Crippen LogP contribution is -2.27. The number of nitrogens with zero attached hydrogens (tertiary/aromatic N) is 5. The molecule has 2 amide bonds. The van der Waals surface area contributed by atoms with Crippen molar-refractivity contribution in [1.29, 1.82) is 0 Å². The molecule has 0 unspecified atom stereocenters. The van der Waals surface area contributed by atoms with Crippen molar-refractivity contribution >= 4 is 28.7 Å². The van der Waals surface area contributed by atoms with Crippen LogP contribution in [0.1, 0.15) is 53.0 Å². The molecule has 1 saturated carbocycles. The number of amides is 2. The minimum Gasteiger partial charge on any atom is -0.383 e. The number of halogens is 2. The highest BCUT2D eigenvalue weighted by Gasteiger charge is 2.31. The molecule has 0 bridgehead atoms. The van der Waals surface area contributed by atoms with E-state index in [1.54, 1.807) is 9.47 Å². The van der Waals surface area contributed by atoms with E-state index in [-0.39, 0.29) is 40.6 Å². The number of nitrogens with two attached hydrogens (primary N) is 2. The van der Waals surface area contributed by atoms with E-state index in [2.05, 4.69) is 28.5 Å². The predicted molar refractivity (Wildman–Crippen MR) is 119 cm³/mol. The van der Waals surface area contributed by atoms with Gasteiger partial charge in [-0.1, -0.05) is 12.5 Å². The van der Waals surface area contributed by atoms with E-state index < -0.39 is 23.1 Å². The molecule has 1 atom stereocenters. The number of nitrogen functional groups attached to an aromatic ring is 1. The Balaban J connectivity index is 1.53. The van der Waals surface area contributed by atoms with Gasteiger partial charge in [-0.3, -0.25) is 9.59 Å². The fraction of sp³-hybridized carbons (Fsp3) is 0.304. The molecule has 34 heavy (non-hydrogen) atoms. The van der Waals surface area contributed by atoms with Gasteiger partial charge in [-0.2, -0.15) is 5.10 Å². The van der Waals surface area contributed by atoms with Crippen molar-refractivity contribution < 1.29 is 18.4 Å². The number of aromatic nitrogens is 4. The molecule has 9 nitrogen and oxygen atoms in total. The number of rotatable bonds is 4. The topological polar surface area (TPSA) is 125 Å². The average Bonchev–Trinajstić information content (AvgIpc) is 3.22. The first-order valence-electron chi connectivity index (χ1n) is 10.8. The van der Waals surface area contributed by atoms with Crippen LogP contribution < -0.4 is 11.5 Å². The van der Waals surface area contributed by atoms with Crippen molar-refractivity contribution in [3.8, 4) is 11.8 Å². The summed E-state index contributed by atoms with van der Waals surface area (Å²) < 4.78 is 33.0. The maximum atomic E-state index is 15.1. The van der Waals surface area contributed by atoms with Gasteiger partial charge in [0.25, 0.3) is 5.91 Å². The van der Waals surface area contributed by atoms with E-state index in [1.165, 1.54) is 23.2 Å². The Morgan fingerprint density at radius 3 is 2.65 bits per heavy atom. The second-order valence-corrected chi connectivity index (χ2v) is 8.40. The van der Waals surface area contributed by atoms with Crippen LogP contribution in [0.3, 0.4) is 0 Å². The van der Waals surface area contributed by atoms with E-state index in [9.17, 15) is 14.0 Å². The van der Waals surface area contributed by atoms with E-state index >= 15 is 4.39 Å². The summed E-state index contributed by atoms with van der Waals surface area (Å²) in [5.74, 6) is 2.15. The summed E-state index contributed by atoms with van der Waals surface area (Å²) in [6.45, 7) is 4.25. The lowest BCUT2D eigenvalue weighted by atomic mass is 10.1. The molecule has 2 fully saturated rings. The fourth-order valence-electron chi connectivity index (χ4n) is 4.30. The highest BCUT2D eigenvalue weighted by molar-refractivity contribution is 5.99. The number of anilines is 1. The molecule has 0 spiro atoms. The van der Waals surface area contributed by atoms with Crippen LogP contribution in [0.2, 0.25) is 0 Å². The van der Waals surface area contributed by atoms with Crippen molar-refractivity contribution in [3.05, 3.63) is 53.5 Å². The van der Waals surface area contributed by atoms with E-state index in [0.717, 1.165) is 12.8 Å². The van der Waals surface area contributed by atoms with Crippen LogP contribution in [0, 0.1) is 23.5 Å². The summed E-state index contributed by atoms with van der Waals surface area (Å²) in [4.78, 5) is 29.6. The third-order valence-corrected chi connectivity index (χ3v) is 6.20. The molecule has 1 aromatic carbocycles. The zero-order valence-corrected chi connectivity index (χ0v) is 18.1. The van der Waals surface area contributed by atoms with Crippen molar-refractivity contribution in [1.82, 2.24) is 24.2 Å². The minimum absolute atomic E-state index is 0.0192. The smallest absolute Gasteiger partial charge is 0.255 e. The third kappa shape index (κ3) is 3.48. The summed E-state index contributed by atoms with van der Waals surface area (Å²) in [6, 6.07) is 1.10. The summed E-state index contributed by atoms with van der Waals surface area (Å²) in [5, 5.41) is 4.29. The Kier molecular flexibility index (Phi) is 5.08. The van der Waals surface area contributed by atoms with Gasteiger partial charge in [0.1, 0.15) is 22.7 Å². The number of fused-ring (bicyclic) bond motifs is 1. The molecule has 2 aromatic heterocycles. The molecule has 3 heterocycles. The lowest BCUT2D eigenvalue weighted by Gasteiger charge is -2.15. The SMILES string of the molecule is C=CC(=O)N1CC[C@H](n2nc(C#Cc3c(F)cc4c(ncn4C4CC4)c3F)c(C(N)=O)c2N)C1. The minimum atomic E-state index is -0.885. The highest BCUT2D eigenvalue weighted by Crippen LogP contribution is 2.38. The van der Waals surface area contributed by atoms with Crippen LogP contribution >= 0.6 is 0 Å². The maximum Gasteiger partial charge on any atom is 0.255 e. The van der Waals surface area contributed by atoms with Gasteiger partial charge in [-0.25, -0.2) is 18.4 Å². The van der Waals surface area contributed by atoms with Gasteiger partial charge in [0.15, 0.2) is 11.5 Å². The van der Waals surface area contributed by atoms with Crippen LogP contribution in [-0.2, 0) is 4.79 Å². The normalized spacial score (nSPS) is 17.6. The Bertz CT molecular complexity index is 1420. The number of hydrogen-bond acceptors (Lipinski definition) is 5. The van der Waals surface area contributed by atoms with E-state index in [0.29, 0.717) is 25.0 Å². The number of imidazole rings is 1. The molecule has 4 N–H and O–H groups in total. The van der Waals surface area contributed by atoms with Crippen molar-refractivity contribution in [3.63, 3.8) is 0 Å². The number of carbonyl (C=O) groups excluding carboxylic acids is 2. The van der Waals surface area contributed by atoms with Gasteiger partial charge < -0.3 is 20.9 Å². The monoisotopic (exact) mass is 465 g/mol. The molecule has 1 aliphatic heterocycles. The molecule has 1 aliphatic carbocycles. The number of likely N-dealkylation sites (tertiary alicyclic amines) is 1. The van der Waals surface area contributed by atoms with Gasteiger partial charge in [0.05, 0.1) is 23.4 Å². The first-order chi connectivity index (χ1) is 16.3. The molecule has 174 valence electrons. The average molecular weight is 465 g/mol. The summed E-state index contributed by atoms with van der Waals surface area (Å²) in [5.41, 5.74) is 11.3. The summed E-state index contributed by atoms with van der Waals surface area (Å²) in [7, 11) is 0. The number of primary amides is 1. The Labute approximate surface area is 193 Å². The molecule has 2 aliphatic rings. The van der Waals surface area contributed by atoms with Crippen LogP contribution in [0.25, 0.3) is 11.0 Å². The summed E-state index contributed by atoms with van der Waals surface area (Å²) >= 11 is 0. The van der Waals surface area contributed by atoms with Crippen LogP contribution in [0.5, 0.6) is 0 Å². The maximum absolute atomic E-state index is 15.1. The van der Waals surface area contributed by atoms with Gasteiger partial charge in [-0.15, -0.1) is 0 Å². The highest BCUT2D eigenvalue weighted by atomic mass is 19.1. The molecule has 0 radical (unpaired) electrons. The first kappa shape index (κ1) is 21.6. The van der Waals surface area contributed by atoms with E-state index in [1.807, 2.05) is 0 Å². The van der Waals surface area contributed by atoms with Crippen molar-refractivity contribution in [2.75, 3.05) is 18.8 Å². The Hall–Kier alpha value is -4.20. The molecule has 1 saturated heterocycles. The van der Waals surface area contributed by atoms with Crippen LogP contribution in [0.15, 0.2) is 25.0 Å². The standard InChI is InChI=1S/C23H21F2N7O2/c1-2-18(33)30-8-7-13(10-30)32-22(26)19(23(27)34)16(29-32)6-5-14-15(24)9-17-21(20(14)25)28-11-31(17)12-3-4-12/h2,9,11-13H,1,3-4,7-8,10,26H2,(H2,27,34)/t13-/m0/s1. The first-order valence-corrected chi connectivity index (χ1v) is 10.8. The van der Waals surface area contributed by atoms with Gasteiger partial charge in [0.2, 0.25) is 5.91 Å². The molecule has 5 rings (SSSR count). The Morgan fingerprint density at radius 1 is 1.21 bits per heavy atom. The van der Waals surface area contributed by atoms with E-state index in [4.69, 9.17) is 11.5 Å². The summed E-state index contributed by atoms with van der Waals surface area (Å²) in [6.07, 6.45) is 5.14. The van der Waals surface area contributed by atoms with Crippen LogP contribution in [-0.4, -0.2) is 49.1 Å². The van der Waals surface area contributed by atoms with Crippen molar-refractivity contribution in [2.24, 2.45) is 5.73 Å². The van der Waals surface area contributed by atoms with Crippen molar-refractivity contribution in [2.45, 2.75) is 31.3 Å². The number of hydrogen-bond donors (Lipinski definition) is 2.